The summed E-state index contributed by atoms with van der Waals surface area (Å²) in [5.41, 5.74) is 3.04. The topological polar surface area (TPSA) is 99.7 Å². The molecule has 9 heteroatoms. The smallest absolute Gasteiger partial charge is 0.225 e. The lowest BCUT2D eigenvalue weighted by Crippen LogP contribution is -2.41. The van der Waals surface area contributed by atoms with Crippen LogP contribution >= 0.6 is 24.0 Å². The number of halogens is 1. The van der Waals surface area contributed by atoms with Crippen LogP contribution in [0.3, 0.4) is 0 Å². The van der Waals surface area contributed by atoms with Crippen molar-refractivity contribution in [3.8, 4) is 0 Å². The lowest BCUT2D eigenvalue weighted by molar-refractivity contribution is -0.116. The third-order valence-corrected chi connectivity index (χ3v) is 6.03. The summed E-state index contributed by atoms with van der Waals surface area (Å²) in [7, 11) is -1.47. The van der Waals surface area contributed by atoms with E-state index >= 15 is 0 Å². The molecule has 0 aliphatic carbocycles. The third kappa shape index (κ3) is 6.43. The van der Waals surface area contributed by atoms with Gasteiger partial charge in [0, 0.05) is 44.4 Å². The summed E-state index contributed by atoms with van der Waals surface area (Å²) in [4.78, 5) is 16.5. The van der Waals surface area contributed by atoms with Gasteiger partial charge in [0.2, 0.25) is 5.91 Å². The average Bonchev–Trinajstić information content (AvgIpc) is 2.70. The molecule has 2 aromatic carbocycles. The molecule has 0 saturated heterocycles. The van der Waals surface area contributed by atoms with Crippen molar-refractivity contribution in [1.29, 1.82) is 0 Å². The molecule has 0 fully saturated rings. The Kier molecular flexibility index (Phi) is 8.65. The van der Waals surface area contributed by atoms with E-state index in [0.29, 0.717) is 30.4 Å². The van der Waals surface area contributed by atoms with Crippen molar-refractivity contribution in [2.24, 2.45) is 4.99 Å². The summed E-state index contributed by atoms with van der Waals surface area (Å²) < 4.78 is 23.0. The third-order valence-electron chi connectivity index (χ3n) is 4.90. The number of anilines is 1. The van der Waals surface area contributed by atoms with E-state index in [1.54, 1.807) is 19.2 Å². The van der Waals surface area contributed by atoms with Gasteiger partial charge in [-0.25, -0.2) is 8.42 Å². The maximum Gasteiger partial charge on any atom is 0.225 e. The van der Waals surface area contributed by atoms with E-state index in [2.05, 4.69) is 20.9 Å². The molecule has 0 saturated carbocycles. The molecule has 30 heavy (non-hydrogen) atoms. The molecule has 1 aliphatic rings. The molecule has 1 atom stereocenters. The zero-order valence-corrected chi connectivity index (χ0v) is 20.2. The van der Waals surface area contributed by atoms with E-state index in [1.165, 1.54) is 6.26 Å². The lowest BCUT2D eigenvalue weighted by atomic mass is 9.90. The number of guanidine groups is 1. The first-order valence-corrected chi connectivity index (χ1v) is 11.4. The number of nitrogens with zero attached hydrogens (tertiary/aromatic N) is 1. The Labute approximate surface area is 194 Å². The maximum atomic E-state index is 11.9. The Hall–Kier alpha value is -2.14. The highest BCUT2D eigenvalue weighted by Crippen LogP contribution is 2.31. The Morgan fingerprint density at radius 2 is 1.83 bits per heavy atom. The van der Waals surface area contributed by atoms with Crippen LogP contribution in [0.2, 0.25) is 0 Å². The number of amides is 1. The zero-order valence-electron chi connectivity index (χ0n) is 17.0. The van der Waals surface area contributed by atoms with Crippen molar-refractivity contribution in [1.82, 2.24) is 10.6 Å². The van der Waals surface area contributed by atoms with E-state index in [-0.39, 0.29) is 35.8 Å². The Morgan fingerprint density at radius 1 is 1.13 bits per heavy atom. The fraction of sp³-hybridized carbons (Fsp3) is 0.333. The predicted octanol–water partition coefficient (Wildman–Crippen LogP) is 2.54. The largest absolute Gasteiger partial charge is 0.356 e. The molecule has 1 unspecified atom stereocenters. The highest BCUT2D eigenvalue weighted by molar-refractivity contribution is 14.0. The quantitative estimate of drug-likeness (QED) is 0.296. The van der Waals surface area contributed by atoms with Gasteiger partial charge in [0.25, 0.3) is 0 Å². The normalized spacial score (nSPS) is 16.1. The van der Waals surface area contributed by atoms with Crippen molar-refractivity contribution in [2.75, 3.05) is 31.7 Å². The van der Waals surface area contributed by atoms with Crippen molar-refractivity contribution < 1.29 is 13.2 Å². The SMILES string of the molecule is CN=C(NCCc1ccc(S(C)(=O)=O)cc1)NCC1CC(=O)Nc2ccccc21.I. The fourth-order valence-corrected chi connectivity index (χ4v) is 3.98. The average molecular weight is 542 g/mol. The Balaban J connectivity index is 0.00000320. The molecular formula is C21H27IN4O3S. The van der Waals surface area contributed by atoms with E-state index in [4.69, 9.17) is 0 Å². The van der Waals surface area contributed by atoms with E-state index < -0.39 is 9.84 Å². The molecule has 7 nitrogen and oxygen atoms in total. The van der Waals surface area contributed by atoms with Crippen molar-refractivity contribution in [3.05, 3.63) is 59.7 Å². The van der Waals surface area contributed by atoms with Gasteiger partial charge in [-0.2, -0.15) is 0 Å². The fourth-order valence-electron chi connectivity index (χ4n) is 3.35. The number of fused-ring (bicyclic) bond motifs is 1. The highest BCUT2D eigenvalue weighted by Gasteiger charge is 2.24. The van der Waals surface area contributed by atoms with Gasteiger partial charge < -0.3 is 16.0 Å². The van der Waals surface area contributed by atoms with Crippen LogP contribution in [-0.4, -0.2) is 46.7 Å². The molecule has 162 valence electrons. The maximum absolute atomic E-state index is 11.9. The van der Waals surface area contributed by atoms with Crippen LogP contribution in [0.15, 0.2) is 58.4 Å². The molecule has 0 radical (unpaired) electrons. The minimum absolute atomic E-state index is 0. The number of carbonyl (C=O) groups is 1. The van der Waals surface area contributed by atoms with Gasteiger partial charge in [-0.15, -0.1) is 24.0 Å². The van der Waals surface area contributed by atoms with Crippen LogP contribution in [0.1, 0.15) is 23.5 Å². The minimum atomic E-state index is -3.17. The molecule has 1 heterocycles. The molecule has 0 spiro atoms. The molecular weight excluding hydrogens is 515 g/mol. The lowest BCUT2D eigenvalue weighted by Gasteiger charge is -2.26. The van der Waals surface area contributed by atoms with Gasteiger partial charge in [-0.3, -0.25) is 9.79 Å². The van der Waals surface area contributed by atoms with Crippen LogP contribution in [0.5, 0.6) is 0 Å². The van der Waals surface area contributed by atoms with Crippen LogP contribution in [0.4, 0.5) is 5.69 Å². The first-order chi connectivity index (χ1) is 13.9. The van der Waals surface area contributed by atoms with Gasteiger partial charge in [-0.1, -0.05) is 30.3 Å². The summed E-state index contributed by atoms with van der Waals surface area (Å²) in [6.45, 7) is 1.26. The molecule has 3 N–H and O–H groups in total. The van der Waals surface area contributed by atoms with E-state index in [0.717, 1.165) is 23.2 Å². The second-order valence-electron chi connectivity index (χ2n) is 7.08. The summed E-state index contributed by atoms with van der Waals surface area (Å²) in [5, 5.41) is 9.46. The number of sulfone groups is 1. The van der Waals surface area contributed by atoms with Gasteiger partial charge in [0.05, 0.1) is 4.90 Å². The molecule has 3 rings (SSSR count). The van der Waals surface area contributed by atoms with Crippen molar-refractivity contribution in [2.45, 2.75) is 23.7 Å². The second-order valence-corrected chi connectivity index (χ2v) is 9.10. The number of para-hydroxylation sites is 1. The molecule has 0 bridgehead atoms. The number of hydrogen-bond donors (Lipinski definition) is 3. The molecule has 1 amide bonds. The number of nitrogens with one attached hydrogen (secondary N) is 3. The molecule has 0 aromatic heterocycles. The van der Waals surface area contributed by atoms with Gasteiger partial charge in [-0.05, 0) is 35.7 Å². The molecule has 1 aliphatic heterocycles. The summed E-state index contributed by atoms with van der Waals surface area (Å²) in [6, 6.07) is 14.8. The van der Waals surface area contributed by atoms with Crippen molar-refractivity contribution >= 4 is 51.4 Å². The number of rotatable bonds is 6. The van der Waals surface area contributed by atoms with Crippen LogP contribution < -0.4 is 16.0 Å². The summed E-state index contributed by atoms with van der Waals surface area (Å²) in [5.74, 6) is 0.777. The van der Waals surface area contributed by atoms with Crippen LogP contribution in [0, 0.1) is 0 Å². The second kappa shape index (κ2) is 10.8. The number of aliphatic imine (C=N–C) groups is 1. The summed E-state index contributed by atoms with van der Waals surface area (Å²) in [6.07, 6.45) is 2.38. The zero-order chi connectivity index (χ0) is 20.9. The first-order valence-electron chi connectivity index (χ1n) is 9.49. The van der Waals surface area contributed by atoms with Crippen LogP contribution in [-0.2, 0) is 21.1 Å². The van der Waals surface area contributed by atoms with Crippen LogP contribution in [0.25, 0.3) is 0 Å². The van der Waals surface area contributed by atoms with E-state index in [9.17, 15) is 13.2 Å². The van der Waals surface area contributed by atoms with E-state index in [1.807, 2.05) is 36.4 Å². The van der Waals surface area contributed by atoms with Crippen molar-refractivity contribution in [3.63, 3.8) is 0 Å². The number of hydrogen-bond acceptors (Lipinski definition) is 4. The standard InChI is InChI=1S/C21H26N4O3S.HI/c1-22-21(23-12-11-15-7-9-17(10-8-15)29(2,27)28)24-14-16-13-20(26)25-19-6-4-3-5-18(16)19;/h3-10,16H,11-14H2,1-2H3,(H,25,26)(H2,22,23,24);1H. The Morgan fingerprint density at radius 3 is 2.50 bits per heavy atom. The Bertz CT molecular complexity index is 1010. The van der Waals surface area contributed by atoms with Gasteiger partial charge in [0.15, 0.2) is 15.8 Å². The monoisotopic (exact) mass is 542 g/mol. The molecule has 2 aromatic rings. The first kappa shape index (κ1) is 24.1. The predicted molar refractivity (Wildman–Crippen MR) is 130 cm³/mol. The highest BCUT2D eigenvalue weighted by atomic mass is 127. The minimum Gasteiger partial charge on any atom is -0.356 e. The number of benzene rings is 2. The van der Waals surface area contributed by atoms with Gasteiger partial charge in [0.1, 0.15) is 0 Å². The van der Waals surface area contributed by atoms with Gasteiger partial charge >= 0.3 is 0 Å². The summed E-state index contributed by atoms with van der Waals surface area (Å²) >= 11 is 0. The number of carbonyl (C=O) groups excluding carboxylic acids is 1.